The summed E-state index contributed by atoms with van der Waals surface area (Å²) in [6, 6.07) is 25.7. The molecule has 8 nitrogen and oxygen atoms in total. The predicted octanol–water partition coefficient (Wildman–Crippen LogP) is 4.45. The van der Waals surface area contributed by atoms with Gasteiger partial charge in [-0.2, -0.15) is 5.10 Å². The molecule has 0 aliphatic carbocycles. The van der Waals surface area contributed by atoms with Crippen molar-refractivity contribution in [3.8, 4) is 11.4 Å². The lowest BCUT2D eigenvalue weighted by atomic mass is 10.2. The monoisotopic (exact) mass is 513 g/mol. The highest BCUT2D eigenvalue weighted by Gasteiger charge is 2.18. The van der Waals surface area contributed by atoms with E-state index in [4.69, 9.17) is 4.74 Å². The van der Waals surface area contributed by atoms with Gasteiger partial charge < -0.3 is 19.6 Å². The minimum Gasteiger partial charge on any atom is -0.508 e. The van der Waals surface area contributed by atoms with Gasteiger partial charge in [0.2, 0.25) is 0 Å². The van der Waals surface area contributed by atoms with Crippen molar-refractivity contribution in [2.24, 2.45) is 0 Å². The van der Waals surface area contributed by atoms with Crippen LogP contribution in [0.5, 0.6) is 5.75 Å². The molecule has 1 N–H and O–H groups in total. The van der Waals surface area contributed by atoms with Gasteiger partial charge in [0.15, 0.2) is 0 Å². The molecule has 38 heavy (non-hydrogen) atoms. The second-order valence-corrected chi connectivity index (χ2v) is 9.61. The van der Waals surface area contributed by atoms with E-state index in [0.717, 1.165) is 69.1 Å². The molecule has 1 aliphatic rings. The molecule has 1 saturated heterocycles. The number of ether oxygens (including phenoxy) is 1. The Labute approximate surface area is 223 Å². The van der Waals surface area contributed by atoms with Crippen molar-refractivity contribution >= 4 is 11.4 Å². The van der Waals surface area contributed by atoms with Crippen LogP contribution < -0.4 is 15.5 Å². The van der Waals surface area contributed by atoms with Gasteiger partial charge in [0.25, 0.3) is 0 Å². The van der Waals surface area contributed by atoms with Gasteiger partial charge in [-0.25, -0.2) is 14.0 Å². The highest BCUT2D eigenvalue weighted by atomic mass is 16.5. The third-order valence-corrected chi connectivity index (χ3v) is 6.99. The van der Waals surface area contributed by atoms with E-state index >= 15 is 0 Å². The average Bonchev–Trinajstić information content (AvgIpc) is 3.33. The number of hydrogen-bond donors (Lipinski definition) is 1. The minimum atomic E-state index is -0.111. The Balaban J connectivity index is 1.06. The second kappa shape index (κ2) is 12.5. The third kappa shape index (κ3) is 6.44. The van der Waals surface area contributed by atoms with E-state index in [1.54, 1.807) is 27.7 Å². The number of piperazine rings is 1. The molecule has 5 rings (SSSR count). The van der Waals surface area contributed by atoms with Crippen LogP contribution in [0.3, 0.4) is 0 Å². The Bertz CT molecular complexity index is 1330. The molecule has 3 aromatic carbocycles. The number of nitrogens with zero attached hydrogens (tertiary/aromatic N) is 5. The summed E-state index contributed by atoms with van der Waals surface area (Å²) in [5.41, 5.74) is 4.17. The maximum Gasteiger partial charge on any atom is 0.350 e. The molecule has 2 heterocycles. The maximum atomic E-state index is 12.9. The molecule has 1 fully saturated rings. The molecule has 0 atom stereocenters. The Hall–Kier alpha value is -4.04. The van der Waals surface area contributed by atoms with Crippen molar-refractivity contribution in [1.82, 2.24) is 14.3 Å². The lowest BCUT2D eigenvalue weighted by Gasteiger charge is -2.37. The molecular weight excluding hydrogens is 478 g/mol. The number of rotatable bonds is 11. The number of unbranched alkanes of at least 4 members (excludes halogenated alkanes) is 2. The summed E-state index contributed by atoms with van der Waals surface area (Å²) < 4.78 is 8.89. The first-order chi connectivity index (χ1) is 18.7. The van der Waals surface area contributed by atoms with E-state index in [0.29, 0.717) is 13.2 Å². The van der Waals surface area contributed by atoms with E-state index < -0.39 is 0 Å². The number of aryl methyl sites for hydroxylation is 1. The van der Waals surface area contributed by atoms with Crippen LogP contribution in [-0.2, 0) is 17.9 Å². The van der Waals surface area contributed by atoms with Crippen molar-refractivity contribution in [2.75, 3.05) is 42.6 Å². The number of hydrogen-bond acceptors (Lipinski definition) is 6. The van der Waals surface area contributed by atoms with Gasteiger partial charge in [-0.1, -0.05) is 30.3 Å². The van der Waals surface area contributed by atoms with E-state index in [9.17, 15) is 9.90 Å². The quantitative estimate of drug-likeness (QED) is 0.299. The molecule has 4 aromatic rings. The zero-order valence-corrected chi connectivity index (χ0v) is 21.7. The van der Waals surface area contributed by atoms with Gasteiger partial charge in [0.05, 0.1) is 12.3 Å². The molecular formula is C30H35N5O3. The van der Waals surface area contributed by atoms with Crippen molar-refractivity contribution in [2.45, 2.75) is 32.4 Å². The van der Waals surface area contributed by atoms with Crippen molar-refractivity contribution in [3.05, 3.63) is 101 Å². The SMILES string of the molecule is O=c1n(-c2ccc(N3CCN(c4ccc(O)cc4)CC3)cc2)cnn1CCCCCOCc1ccccc1. The number of anilines is 2. The largest absolute Gasteiger partial charge is 0.508 e. The molecule has 8 heteroatoms. The topological polar surface area (TPSA) is 75.8 Å². The lowest BCUT2D eigenvalue weighted by molar-refractivity contribution is 0.116. The molecule has 0 radical (unpaired) electrons. The zero-order valence-electron chi connectivity index (χ0n) is 21.7. The standard InChI is InChI=1S/C30H35N5O3/c36-29-15-13-27(14-16-29)33-20-18-32(19-21-33)26-9-11-28(12-10-26)34-24-31-35(30(34)37)17-5-2-6-22-38-23-25-7-3-1-4-8-25/h1,3-4,7-16,24,36H,2,5-6,17-23H2. The number of aromatic hydroxyl groups is 1. The van der Waals surface area contributed by atoms with Gasteiger partial charge >= 0.3 is 5.69 Å². The Kier molecular flexibility index (Phi) is 8.40. The van der Waals surface area contributed by atoms with Crippen LogP contribution >= 0.6 is 0 Å². The summed E-state index contributed by atoms with van der Waals surface area (Å²) in [6.07, 6.45) is 4.45. The Morgan fingerprint density at radius 1 is 0.737 bits per heavy atom. The zero-order chi connectivity index (χ0) is 26.2. The third-order valence-electron chi connectivity index (χ3n) is 6.99. The smallest absolute Gasteiger partial charge is 0.350 e. The van der Waals surface area contributed by atoms with Gasteiger partial charge in [-0.15, -0.1) is 0 Å². The van der Waals surface area contributed by atoms with Gasteiger partial charge in [-0.05, 0) is 73.4 Å². The summed E-state index contributed by atoms with van der Waals surface area (Å²) in [6.45, 7) is 5.62. The van der Waals surface area contributed by atoms with Gasteiger partial charge in [0.1, 0.15) is 12.1 Å². The van der Waals surface area contributed by atoms with E-state index in [1.165, 1.54) is 5.56 Å². The highest BCUT2D eigenvalue weighted by molar-refractivity contribution is 5.54. The first kappa shape index (κ1) is 25.6. The summed E-state index contributed by atoms with van der Waals surface area (Å²) in [5, 5.41) is 13.8. The fraction of sp³-hybridized carbons (Fsp3) is 0.333. The minimum absolute atomic E-state index is 0.111. The van der Waals surface area contributed by atoms with Crippen LogP contribution in [-0.4, -0.2) is 52.2 Å². The number of phenolic OH excluding ortho intramolecular Hbond substituents is 1. The van der Waals surface area contributed by atoms with Crippen molar-refractivity contribution in [1.29, 1.82) is 0 Å². The van der Waals surface area contributed by atoms with E-state index in [-0.39, 0.29) is 11.4 Å². The van der Waals surface area contributed by atoms with E-state index in [1.807, 2.05) is 42.5 Å². The molecule has 0 spiro atoms. The second-order valence-electron chi connectivity index (χ2n) is 9.61. The fourth-order valence-corrected chi connectivity index (χ4v) is 4.78. The Morgan fingerprint density at radius 3 is 2.00 bits per heavy atom. The number of aromatic nitrogens is 3. The first-order valence-corrected chi connectivity index (χ1v) is 13.3. The lowest BCUT2D eigenvalue weighted by Crippen LogP contribution is -2.46. The van der Waals surface area contributed by atoms with Crippen LogP contribution in [0.2, 0.25) is 0 Å². The van der Waals surface area contributed by atoms with Crippen LogP contribution in [0.25, 0.3) is 5.69 Å². The summed E-state index contributed by atoms with van der Waals surface area (Å²) in [5.74, 6) is 0.289. The maximum absolute atomic E-state index is 12.9. The van der Waals surface area contributed by atoms with Crippen LogP contribution in [0.4, 0.5) is 11.4 Å². The summed E-state index contributed by atoms with van der Waals surface area (Å²) in [4.78, 5) is 17.6. The molecule has 0 saturated carbocycles. The van der Waals surface area contributed by atoms with Crippen molar-refractivity contribution in [3.63, 3.8) is 0 Å². The summed E-state index contributed by atoms with van der Waals surface area (Å²) in [7, 11) is 0. The average molecular weight is 514 g/mol. The molecule has 1 aromatic heterocycles. The molecule has 0 unspecified atom stereocenters. The molecule has 0 bridgehead atoms. The fourth-order valence-electron chi connectivity index (χ4n) is 4.78. The number of benzene rings is 3. The van der Waals surface area contributed by atoms with Crippen LogP contribution in [0, 0.1) is 0 Å². The van der Waals surface area contributed by atoms with Crippen molar-refractivity contribution < 1.29 is 9.84 Å². The van der Waals surface area contributed by atoms with Gasteiger partial charge in [0, 0.05) is 50.7 Å². The predicted molar refractivity (Wildman–Crippen MR) is 150 cm³/mol. The Morgan fingerprint density at radius 2 is 1.34 bits per heavy atom. The molecule has 1 aliphatic heterocycles. The normalized spacial score (nSPS) is 13.7. The molecule has 198 valence electrons. The van der Waals surface area contributed by atoms with Crippen LogP contribution in [0.15, 0.2) is 90.0 Å². The summed E-state index contributed by atoms with van der Waals surface area (Å²) >= 11 is 0. The molecule has 0 amide bonds. The number of phenols is 1. The van der Waals surface area contributed by atoms with E-state index in [2.05, 4.69) is 39.2 Å². The van der Waals surface area contributed by atoms with Gasteiger partial charge in [-0.3, -0.25) is 0 Å². The first-order valence-electron chi connectivity index (χ1n) is 13.3. The highest BCUT2D eigenvalue weighted by Crippen LogP contribution is 2.23. The van der Waals surface area contributed by atoms with Crippen LogP contribution in [0.1, 0.15) is 24.8 Å².